The highest BCUT2D eigenvalue weighted by Gasteiger charge is 2.34. The molecule has 0 aliphatic carbocycles. The number of hydrogen-bond donors (Lipinski definition) is 0. The summed E-state index contributed by atoms with van der Waals surface area (Å²) >= 11 is 1.54. The second kappa shape index (κ2) is 6.59. The summed E-state index contributed by atoms with van der Waals surface area (Å²) in [6, 6.07) is 15.2. The van der Waals surface area contributed by atoms with Crippen LogP contribution in [0.2, 0.25) is 0 Å². The number of likely N-dealkylation sites (tertiary alicyclic amines) is 1. The minimum absolute atomic E-state index is 0.00717. The van der Waals surface area contributed by atoms with Crippen molar-refractivity contribution in [3.63, 3.8) is 0 Å². The van der Waals surface area contributed by atoms with Gasteiger partial charge in [-0.05, 0) is 31.0 Å². The van der Waals surface area contributed by atoms with Crippen molar-refractivity contribution in [3.8, 4) is 11.4 Å². The van der Waals surface area contributed by atoms with Crippen LogP contribution in [0.5, 0.6) is 0 Å². The molecule has 2 aromatic heterocycles. The third-order valence-electron chi connectivity index (χ3n) is 4.85. The highest BCUT2D eigenvalue weighted by atomic mass is 32.1. The Bertz CT molecular complexity index is 1110. The van der Waals surface area contributed by atoms with E-state index in [0.29, 0.717) is 23.8 Å². The van der Waals surface area contributed by atoms with Crippen molar-refractivity contribution in [2.24, 2.45) is 0 Å². The molecular formula is C20H16N4O2S. The van der Waals surface area contributed by atoms with Gasteiger partial charge in [0.25, 0.3) is 5.91 Å². The number of rotatable bonds is 3. The molecule has 4 aromatic rings. The fourth-order valence-electron chi connectivity index (χ4n) is 3.50. The normalized spacial score (nSPS) is 16.9. The Hall–Kier alpha value is -3.06. The second-order valence-electron chi connectivity index (χ2n) is 6.51. The van der Waals surface area contributed by atoms with Crippen LogP contribution in [0, 0.1) is 0 Å². The average molecular weight is 376 g/mol. The smallest absolute Gasteiger partial charge is 0.254 e. The summed E-state index contributed by atoms with van der Waals surface area (Å²) in [6.45, 7) is 0.688. The van der Waals surface area contributed by atoms with Crippen molar-refractivity contribution in [1.82, 2.24) is 20.0 Å². The number of aromatic nitrogens is 3. The van der Waals surface area contributed by atoms with Crippen LogP contribution in [0.3, 0.4) is 0 Å². The zero-order chi connectivity index (χ0) is 18.2. The number of nitrogens with zero attached hydrogens (tertiary/aromatic N) is 4. The van der Waals surface area contributed by atoms with Gasteiger partial charge >= 0.3 is 0 Å². The molecule has 0 bridgehead atoms. The van der Waals surface area contributed by atoms with Crippen LogP contribution >= 0.6 is 11.3 Å². The summed E-state index contributed by atoms with van der Waals surface area (Å²) in [5.41, 5.74) is 4.28. The van der Waals surface area contributed by atoms with E-state index in [1.807, 2.05) is 53.4 Å². The Morgan fingerprint density at radius 2 is 2.07 bits per heavy atom. The largest absolute Gasteiger partial charge is 0.337 e. The minimum Gasteiger partial charge on any atom is -0.337 e. The highest BCUT2D eigenvalue weighted by molar-refractivity contribution is 7.16. The maximum atomic E-state index is 13.1. The molecule has 0 spiro atoms. The van der Waals surface area contributed by atoms with Crippen LogP contribution in [0.4, 0.5) is 0 Å². The molecule has 1 saturated heterocycles. The maximum Gasteiger partial charge on any atom is 0.254 e. The molecule has 0 saturated carbocycles. The van der Waals surface area contributed by atoms with Gasteiger partial charge in [-0.15, -0.1) is 11.3 Å². The predicted molar refractivity (Wildman–Crippen MR) is 102 cm³/mol. The number of hydrogen-bond acceptors (Lipinski definition) is 6. The van der Waals surface area contributed by atoms with E-state index in [1.54, 1.807) is 5.51 Å². The highest BCUT2D eigenvalue weighted by Crippen LogP contribution is 2.33. The van der Waals surface area contributed by atoms with Gasteiger partial charge in [0.1, 0.15) is 6.04 Å². The van der Waals surface area contributed by atoms with Gasteiger partial charge in [-0.25, -0.2) is 4.98 Å². The molecule has 2 aromatic carbocycles. The van der Waals surface area contributed by atoms with E-state index in [4.69, 9.17) is 4.52 Å². The number of benzene rings is 2. The van der Waals surface area contributed by atoms with Gasteiger partial charge in [-0.2, -0.15) is 4.98 Å². The van der Waals surface area contributed by atoms with Gasteiger partial charge < -0.3 is 9.42 Å². The predicted octanol–water partition coefficient (Wildman–Crippen LogP) is 4.32. The quantitative estimate of drug-likeness (QED) is 0.532. The fraction of sp³-hybridized carbons (Fsp3) is 0.200. The number of carbonyl (C=O) groups is 1. The molecule has 1 aliphatic heterocycles. The van der Waals surface area contributed by atoms with Crippen LogP contribution in [0.15, 0.2) is 58.6 Å². The Balaban J connectivity index is 1.43. The zero-order valence-corrected chi connectivity index (χ0v) is 15.2. The van der Waals surface area contributed by atoms with Gasteiger partial charge in [0, 0.05) is 17.7 Å². The van der Waals surface area contributed by atoms with Gasteiger partial charge in [0.05, 0.1) is 15.7 Å². The molecule has 7 heteroatoms. The monoisotopic (exact) mass is 376 g/mol. The van der Waals surface area contributed by atoms with Crippen LogP contribution in [-0.4, -0.2) is 32.5 Å². The first-order valence-electron chi connectivity index (χ1n) is 8.83. The lowest BCUT2D eigenvalue weighted by atomic mass is 10.1. The number of fused-ring (bicyclic) bond motifs is 1. The van der Waals surface area contributed by atoms with Gasteiger partial charge in [0.2, 0.25) is 11.7 Å². The molecule has 6 nitrogen and oxygen atoms in total. The molecule has 27 heavy (non-hydrogen) atoms. The summed E-state index contributed by atoms with van der Waals surface area (Å²) in [5.74, 6) is 1.04. The van der Waals surface area contributed by atoms with Gasteiger partial charge in [-0.3, -0.25) is 4.79 Å². The fourth-order valence-corrected chi connectivity index (χ4v) is 4.21. The first-order valence-corrected chi connectivity index (χ1v) is 9.71. The summed E-state index contributed by atoms with van der Waals surface area (Å²) < 4.78 is 6.53. The Morgan fingerprint density at radius 3 is 2.96 bits per heavy atom. The zero-order valence-electron chi connectivity index (χ0n) is 14.4. The molecule has 0 radical (unpaired) electrons. The lowest BCUT2D eigenvalue weighted by molar-refractivity contribution is 0.0710. The summed E-state index contributed by atoms with van der Waals surface area (Å²) in [4.78, 5) is 23.8. The van der Waals surface area contributed by atoms with E-state index in [1.165, 1.54) is 11.3 Å². The molecule has 1 amide bonds. The maximum absolute atomic E-state index is 13.1. The molecule has 1 aliphatic rings. The van der Waals surface area contributed by atoms with Crippen molar-refractivity contribution < 1.29 is 9.32 Å². The number of amides is 1. The lowest BCUT2D eigenvalue weighted by Gasteiger charge is -2.21. The first-order chi connectivity index (χ1) is 13.3. The van der Waals surface area contributed by atoms with E-state index >= 15 is 0 Å². The van der Waals surface area contributed by atoms with Crippen molar-refractivity contribution in [3.05, 3.63) is 65.5 Å². The van der Waals surface area contributed by atoms with Crippen LogP contribution in [-0.2, 0) is 0 Å². The van der Waals surface area contributed by atoms with Gasteiger partial charge in [0.15, 0.2) is 0 Å². The Morgan fingerprint density at radius 1 is 1.19 bits per heavy atom. The Kier molecular flexibility index (Phi) is 3.94. The van der Waals surface area contributed by atoms with Gasteiger partial charge in [-0.1, -0.05) is 35.5 Å². The molecular weight excluding hydrogens is 360 g/mol. The molecule has 134 valence electrons. The minimum atomic E-state index is -0.181. The molecule has 3 heterocycles. The first kappa shape index (κ1) is 16.1. The average Bonchev–Trinajstić information content (AvgIpc) is 3.47. The van der Waals surface area contributed by atoms with Crippen LogP contribution in [0.25, 0.3) is 21.6 Å². The molecule has 5 rings (SSSR count). The third-order valence-corrected chi connectivity index (χ3v) is 5.64. The van der Waals surface area contributed by atoms with Crippen LogP contribution < -0.4 is 0 Å². The molecule has 1 fully saturated rings. The number of carbonyl (C=O) groups excluding carboxylic acids is 1. The summed E-state index contributed by atoms with van der Waals surface area (Å²) in [6.07, 6.45) is 1.74. The second-order valence-corrected chi connectivity index (χ2v) is 7.40. The lowest BCUT2D eigenvalue weighted by Crippen LogP contribution is -2.30. The standard InChI is InChI=1S/C20H16N4O2S/c25-20(14-8-9-15-17(11-14)27-12-21-15)24-10-4-7-16(24)19-22-18(23-26-19)13-5-2-1-3-6-13/h1-3,5-6,8-9,11-12,16H,4,7,10H2/t16-/m1/s1. The topological polar surface area (TPSA) is 72.1 Å². The summed E-state index contributed by atoms with van der Waals surface area (Å²) in [7, 11) is 0. The van der Waals surface area contributed by atoms with Crippen LogP contribution in [0.1, 0.15) is 35.1 Å². The molecule has 0 unspecified atom stereocenters. The van der Waals surface area contributed by atoms with E-state index in [2.05, 4.69) is 15.1 Å². The summed E-state index contributed by atoms with van der Waals surface area (Å²) in [5, 5.41) is 4.10. The van der Waals surface area contributed by atoms with Crippen molar-refractivity contribution in [2.75, 3.05) is 6.54 Å². The van der Waals surface area contributed by atoms with Crippen molar-refractivity contribution >= 4 is 27.5 Å². The SMILES string of the molecule is O=C(c1ccc2ncsc2c1)N1CCC[C@@H]1c1nc(-c2ccccc2)no1. The number of thiazole rings is 1. The van der Waals surface area contributed by atoms with Crippen molar-refractivity contribution in [2.45, 2.75) is 18.9 Å². The van der Waals surface area contributed by atoms with E-state index in [0.717, 1.165) is 28.6 Å². The van der Waals surface area contributed by atoms with Crippen molar-refractivity contribution in [1.29, 1.82) is 0 Å². The van der Waals surface area contributed by atoms with E-state index in [9.17, 15) is 4.79 Å². The van der Waals surface area contributed by atoms with E-state index in [-0.39, 0.29) is 11.9 Å². The Labute approximate surface area is 159 Å². The third kappa shape index (κ3) is 2.90. The molecule has 0 N–H and O–H groups in total. The molecule has 1 atom stereocenters. The van der Waals surface area contributed by atoms with E-state index < -0.39 is 0 Å².